The molecule has 1 unspecified atom stereocenters. The van der Waals surface area contributed by atoms with Gasteiger partial charge >= 0.3 is 0 Å². The summed E-state index contributed by atoms with van der Waals surface area (Å²) in [4.78, 5) is 42.9. The number of hydrogen-bond donors (Lipinski definition) is 1. The van der Waals surface area contributed by atoms with Gasteiger partial charge in [0.2, 0.25) is 11.8 Å². The van der Waals surface area contributed by atoms with Crippen molar-refractivity contribution in [2.75, 3.05) is 37.6 Å². The predicted octanol–water partition coefficient (Wildman–Crippen LogP) is 1.69. The number of likely N-dealkylation sites (tertiary alicyclic amines) is 1. The fraction of sp³-hybridized carbons (Fsp3) is 0.522. The number of piperidine rings is 1. The lowest BCUT2D eigenvalue weighted by Gasteiger charge is -2.40. The molecule has 0 bridgehead atoms. The molecule has 2 aromatic rings. The largest absolute Gasteiger partial charge is 0.353 e. The van der Waals surface area contributed by atoms with Crippen molar-refractivity contribution in [2.45, 2.75) is 44.4 Å². The van der Waals surface area contributed by atoms with E-state index in [1.807, 2.05) is 24.0 Å². The van der Waals surface area contributed by atoms with Gasteiger partial charge in [-0.25, -0.2) is 9.97 Å². The van der Waals surface area contributed by atoms with E-state index in [0.717, 1.165) is 68.0 Å². The molecule has 1 N–H and O–H groups in total. The Labute approximate surface area is 182 Å². The summed E-state index contributed by atoms with van der Waals surface area (Å²) in [5.41, 5.74) is 2.95. The zero-order valence-corrected chi connectivity index (χ0v) is 17.9. The fourth-order valence-electron chi connectivity index (χ4n) is 5.29. The first kappa shape index (κ1) is 19.9. The number of fused-ring (bicyclic) bond motifs is 2. The first-order valence-corrected chi connectivity index (χ1v) is 11.2. The Balaban J connectivity index is 1.62. The van der Waals surface area contributed by atoms with Gasteiger partial charge in [-0.2, -0.15) is 0 Å². The molecule has 1 atom stereocenters. The van der Waals surface area contributed by atoms with Gasteiger partial charge in [-0.15, -0.1) is 0 Å². The van der Waals surface area contributed by atoms with E-state index in [-0.39, 0.29) is 17.2 Å². The molecular formula is C23H28N6O2. The van der Waals surface area contributed by atoms with Crippen LogP contribution >= 0.6 is 0 Å². The molecule has 8 heteroatoms. The van der Waals surface area contributed by atoms with Crippen LogP contribution in [-0.4, -0.2) is 64.4 Å². The second kappa shape index (κ2) is 7.90. The van der Waals surface area contributed by atoms with Crippen molar-refractivity contribution < 1.29 is 9.59 Å². The number of rotatable bonds is 3. The molecular weight excluding hydrogens is 392 g/mol. The van der Waals surface area contributed by atoms with E-state index in [2.05, 4.69) is 15.2 Å². The minimum atomic E-state index is -0.134. The number of nitrogens with zero attached hydrogens (tertiary/aromatic N) is 5. The third-order valence-electron chi connectivity index (χ3n) is 6.83. The summed E-state index contributed by atoms with van der Waals surface area (Å²) in [6, 6.07) is 3.86. The lowest BCUT2D eigenvalue weighted by molar-refractivity contribution is -0.133. The van der Waals surface area contributed by atoms with Crippen molar-refractivity contribution in [1.29, 1.82) is 0 Å². The molecule has 4 heterocycles. The number of piperazine rings is 1. The predicted molar refractivity (Wildman–Crippen MR) is 117 cm³/mol. The summed E-state index contributed by atoms with van der Waals surface area (Å²) in [6.07, 6.45) is 7.91. The second-order valence-electron chi connectivity index (χ2n) is 8.76. The summed E-state index contributed by atoms with van der Waals surface area (Å²) in [5, 5.41) is 2.90. The number of nitrogens with one attached hydrogen (secondary N) is 1. The summed E-state index contributed by atoms with van der Waals surface area (Å²) in [7, 11) is 0. The summed E-state index contributed by atoms with van der Waals surface area (Å²) < 4.78 is 0. The van der Waals surface area contributed by atoms with E-state index in [1.54, 1.807) is 12.4 Å². The third kappa shape index (κ3) is 3.54. The van der Waals surface area contributed by atoms with E-state index in [9.17, 15) is 9.59 Å². The molecule has 2 aliphatic heterocycles. The number of anilines is 1. The van der Waals surface area contributed by atoms with E-state index in [1.165, 1.54) is 0 Å². The number of aromatic nitrogens is 3. The van der Waals surface area contributed by atoms with Gasteiger partial charge in [0, 0.05) is 61.5 Å². The van der Waals surface area contributed by atoms with Crippen molar-refractivity contribution in [2.24, 2.45) is 0 Å². The summed E-state index contributed by atoms with van der Waals surface area (Å²) in [5.74, 6) is 1.75. The maximum atomic E-state index is 12.5. The second-order valence-corrected chi connectivity index (χ2v) is 8.76. The molecule has 2 fully saturated rings. The lowest BCUT2D eigenvalue weighted by atomic mass is 9.77. The zero-order chi connectivity index (χ0) is 21.4. The molecule has 0 saturated carbocycles. The van der Waals surface area contributed by atoms with Gasteiger partial charge in [0.25, 0.3) is 0 Å². The summed E-state index contributed by atoms with van der Waals surface area (Å²) >= 11 is 0. The summed E-state index contributed by atoms with van der Waals surface area (Å²) in [6.45, 7) is 5.12. The van der Waals surface area contributed by atoms with Crippen molar-refractivity contribution in [3.8, 4) is 11.4 Å². The van der Waals surface area contributed by atoms with Gasteiger partial charge in [0.15, 0.2) is 5.82 Å². The van der Waals surface area contributed by atoms with Crippen LogP contribution in [0.15, 0.2) is 24.5 Å². The highest BCUT2D eigenvalue weighted by Crippen LogP contribution is 2.47. The van der Waals surface area contributed by atoms with Crippen LogP contribution in [0.25, 0.3) is 11.4 Å². The molecule has 1 spiro atoms. The molecule has 8 nitrogen and oxygen atoms in total. The van der Waals surface area contributed by atoms with Crippen LogP contribution in [0, 0.1) is 0 Å². The molecule has 5 rings (SSSR count). The van der Waals surface area contributed by atoms with E-state index < -0.39 is 0 Å². The maximum absolute atomic E-state index is 12.5. The Morgan fingerprint density at radius 3 is 2.94 bits per heavy atom. The Bertz CT molecular complexity index is 1010. The Hall–Kier alpha value is -3.03. The average molecular weight is 421 g/mol. The third-order valence-corrected chi connectivity index (χ3v) is 6.83. The molecule has 31 heavy (non-hydrogen) atoms. The van der Waals surface area contributed by atoms with Crippen LogP contribution in [0.3, 0.4) is 0 Å². The zero-order valence-electron chi connectivity index (χ0n) is 17.9. The molecule has 0 radical (unpaired) electrons. The van der Waals surface area contributed by atoms with Gasteiger partial charge < -0.3 is 15.1 Å². The highest BCUT2D eigenvalue weighted by Gasteiger charge is 2.46. The SMILES string of the molecule is CCC(=O)N1CCCC2(CCc3c(N4CCNC(=O)C4)nc(-c4cccnc4)nc32)C1. The van der Waals surface area contributed by atoms with Crippen LogP contribution in [0.4, 0.5) is 5.82 Å². The number of carbonyl (C=O) groups excluding carboxylic acids is 2. The minimum Gasteiger partial charge on any atom is -0.353 e. The van der Waals surface area contributed by atoms with Crippen molar-refractivity contribution in [3.63, 3.8) is 0 Å². The highest BCUT2D eigenvalue weighted by molar-refractivity contribution is 5.83. The van der Waals surface area contributed by atoms with Crippen LogP contribution in [0.5, 0.6) is 0 Å². The van der Waals surface area contributed by atoms with Crippen molar-refractivity contribution >= 4 is 17.6 Å². The smallest absolute Gasteiger partial charge is 0.239 e. The Morgan fingerprint density at radius 2 is 2.16 bits per heavy atom. The maximum Gasteiger partial charge on any atom is 0.239 e. The van der Waals surface area contributed by atoms with E-state index in [0.29, 0.717) is 25.3 Å². The number of amides is 2. The van der Waals surface area contributed by atoms with Crippen LogP contribution in [0.1, 0.15) is 43.9 Å². The monoisotopic (exact) mass is 420 g/mol. The van der Waals surface area contributed by atoms with E-state index >= 15 is 0 Å². The molecule has 3 aliphatic rings. The quantitative estimate of drug-likeness (QED) is 0.813. The minimum absolute atomic E-state index is 0.0200. The van der Waals surface area contributed by atoms with Crippen LogP contribution < -0.4 is 10.2 Å². The number of pyridine rings is 1. The topological polar surface area (TPSA) is 91.3 Å². The molecule has 0 aromatic carbocycles. The Kier molecular flexibility index (Phi) is 5.08. The molecule has 162 valence electrons. The fourth-order valence-corrected chi connectivity index (χ4v) is 5.29. The highest BCUT2D eigenvalue weighted by atomic mass is 16.2. The molecule has 2 aromatic heterocycles. The van der Waals surface area contributed by atoms with Crippen LogP contribution in [0.2, 0.25) is 0 Å². The van der Waals surface area contributed by atoms with Crippen LogP contribution in [-0.2, 0) is 21.4 Å². The lowest BCUT2D eigenvalue weighted by Crippen LogP contribution is -2.49. The number of carbonyl (C=O) groups is 2. The van der Waals surface area contributed by atoms with Crippen molar-refractivity contribution in [1.82, 2.24) is 25.2 Å². The Morgan fingerprint density at radius 1 is 1.26 bits per heavy atom. The molecule has 2 saturated heterocycles. The van der Waals surface area contributed by atoms with Gasteiger partial charge in [0.05, 0.1) is 12.2 Å². The first-order chi connectivity index (χ1) is 15.1. The van der Waals surface area contributed by atoms with E-state index in [4.69, 9.17) is 9.97 Å². The van der Waals surface area contributed by atoms with Gasteiger partial charge in [0.1, 0.15) is 5.82 Å². The van der Waals surface area contributed by atoms with Crippen molar-refractivity contribution in [3.05, 3.63) is 35.8 Å². The average Bonchev–Trinajstić information content (AvgIpc) is 3.16. The standard InChI is InChI=1S/C23H28N6O2/c1-2-19(31)29-11-4-7-23(15-29)8-6-17-20(23)26-21(16-5-3-9-24-13-16)27-22(17)28-12-10-25-18(30)14-28/h3,5,9,13H,2,4,6-8,10-12,14-15H2,1H3,(H,25,30). The normalized spacial score (nSPS) is 23.1. The first-order valence-electron chi connectivity index (χ1n) is 11.2. The van der Waals surface area contributed by atoms with Gasteiger partial charge in [-0.3, -0.25) is 14.6 Å². The molecule has 1 aliphatic carbocycles. The molecule has 2 amide bonds. The van der Waals surface area contributed by atoms with Gasteiger partial charge in [-0.05, 0) is 37.8 Å². The number of hydrogen-bond acceptors (Lipinski definition) is 6. The van der Waals surface area contributed by atoms with Gasteiger partial charge in [-0.1, -0.05) is 6.92 Å².